The molecule has 0 spiro atoms. The molecule has 0 N–H and O–H groups in total. The van der Waals surface area contributed by atoms with Crippen LogP contribution in [0.5, 0.6) is 0 Å². The molecule has 1 saturated carbocycles. The van der Waals surface area contributed by atoms with Crippen molar-refractivity contribution in [2.24, 2.45) is 5.92 Å². The van der Waals surface area contributed by atoms with Gasteiger partial charge in [-0.25, -0.2) is 0 Å². The molecule has 2 unspecified atom stereocenters. The molecule has 1 aromatic heterocycles. The number of likely N-dealkylation sites (tertiary alicyclic amines) is 1. The highest BCUT2D eigenvalue weighted by Gasteiger charge is 2.48. The van der Waals surface area contributed by atoms with E-state index in [1.807, 2.05) is 6.92 Å². The molecule has 14 heavy (non-hydrogen) atoms. The average Bonchev–Trinajstić information content (AvgIpc) is 2.66. The van der Waals surface area contributed by atoms with Gasteiger partial charge >= 0.3 is 0 Å². The van der Waals surface area contributed by atoms with Crippen LogP contribution >= 0.6 is 0 Å². The van der Waals surface area contributed by atoms with Crippen LogP contribution in [0.4, 0.5) is 0 Å². The Morgan fingerprint density at radius 1 is 1.57 bits per heavy atom. The van der Waals surface area contributed by atoms with E-state index in [4.69, 9.17) is 4.42 Å². The normalized spacial score (nSPS) is 29.5. The Morgan fingerprint density at radius 3 is 3.00 bits per heavy atom. The van der Waals surface area contributed by atoms with Gasteiger partial charge < -0.3 is 9.32 Å². The molecule has 2 atom stereocenters. The van der Waals surface area contributed by atoms with Crippen molar-refractivity contribution in [3.63, 3.8) is 0 Å². The van der Waals surface area contributed by atoms with E-state index in [1.54, 1.807) is 0 Å². The van der Waals surface area contributed by atoms with E-state index < -0.39 is 0 Å². The van der Waals surface area contributed by atoms with Crippen molar-refractivity contribution in [1.82, 2.24) is 15.1 Å². The van der Waals surface area contributed by atoms with Crippen molar-refractivity contribution >= 4 is 0 Å². The highest BCUT2D eigenvalue weighted by Crippen LogP contribution is 2.49. The van der Waals surface area contributed by atoms with Gasteiger partial charge in [0.2, 0.25) is 11.8 Å². The zero-order chi connectivity index (χ0) is 9.71. The molecule has 0 aromatic carbocycles. The average molecular weight is 191 g/mol. The fourth-order valence-electron chi connectivity index (χ4n) is 2.26. The van der Waals surface area contributed by atoms with Gasteiger partial charge in [0.05, 0.1) is 6.54 Å². The van der Waals surface area contributed by atoms with Gasteiger partial charge in [-0.15, -0.1) is 10.2 Å². The van der Waals surface area contributed by atoms with Crippen molar-refractivity contribution < 1.29 is 4.42 Å². The summed E-state index contributed by atoms with van der Waals surface area (Å²) in [6.45, 7) is 6.61. The number of aryl methyl sites for hydroxylation is 1. The highest BCUT2D eigenvalue weighted by atomic mass is 16.4. The maximum Gasteiger partial charge on any atom is 0.235 e. The van der Waals surface area contributed by atoms with Crippen LogP contribution in [0.25, 0.3) is 0 Å². The minimum absolute atomic E-state index is 0.636. The largest absolute Gasteiger partial charge is 0.424 e. The molecule has 0 radical (unpaired) electrons. The predicted molar refractivity (Wildman–Crippen MR) is 50.2 cm³/mol. The summed E-state index contributed by atoms with van der Waals surface area (Å²) in [6.07, 6.45) is 2.46. The third-order valence-electron chi connectivity index (χ3n) is 3.06. The van der Waals surface area contributed by atoms with Gasteiger partial charge in [0, 0.05) is 18.7 Å². The summed E-state index contributed by atoms with van der Waals surface area (Å²) in [4.78, 5) is 2.30. The molecule has 0 amide bonds. The maximum absolute atomic E-state index is 5.36. The van der Waals surface area contributed by atoms with Gasteiger partial charge in [-0.1, -0.05) is 6.58 Å². The zero-order valence-corrected chi connectivity index (χ0v) is 8.23. The van der Waals surface area contributed by atoms with E-state index in [2.05, 4.69) is 21.7 Å². The molecule has 4 nitrogen and oxygen atoms in total. The molecule has 1 aromatic rings. The van der Waals surface area contributed by atoms with Crippen molar-refractivity contribution in [2.45, 2.75) is 32.4 Å². The summed E-state index contributed by atoms with van der Waals surface area (Å²) < 4.78 is 5.36. The molecule has 1 aliphatic carbocycles. The molecule has 2 fully saturated rings. The van der Waals surface area contributed by atoms with Crippen molar-refractivity contribution in [1.29, 1.82) is 0 Å². The number of allylic oxidation sites excluding steroid dienone is 1. The van der Waals surface area contributed by atoms with E-state index in [0.717, 1.165) is 18.9 Å². The van der Waals surface area contributed by atoms with Gasteiger partial charge in [-0.2, -0.15) is 0 Å². The second-order valence-corrected chi connectivity index (χ2v) is 4.18. The molecule has 74 valence electrons. The minimum Gasteiger partial charge on any atom is -0.424 e. The van der Waals surface area contributed by atoms with Crippen molar-refractivity contribution in [3.05, 3.63) is 24.1 Å². The van der Waals surface area contributed by atoms with Crippen LogP contribution in [0.1, 0.15) is 24.6 Å². The maximum atomic E-state index is 5.36. The lowest BCUT2D eigenvalue weighted by Gasteiger charge is -2.19. The number of piperidine rings is 1. The molecule has 2 aliphatic rings. The first-order chi connectivity index (χ1) is 6.74. The van der Waals surface area contributed by atoms with Crippen LogP contribution < -0.4 is 0 Å². The Bertz CT molecular complexity index is 384. The van der Waals surface area contributed by atoms with E-state index in [-0.39, 0.29) is 0 Å². The lowest BCUT2D eigenvalue weighted by molar-refractivity contribution is 0.302. The van der Waals surface area contributed by atoms with Crippen LogP contribution in [0.15, 0.2) is 16.7 Å². The van der Waals surface area contributed by atoms with Gasteiger partial charge in [0.25, 0.3) is 0 Å². The summed E-state index contributed by atoms with van der Waals surface area (Å²) in [5.41, 5.74) is 1.22. The summed E-state index contributed by atoms with van der Waals surface area (Å²) in [5, 5.41) is 7.82. The standard InChI is InChI=1S/C10H13N3O/c1-6-3-8-4-9(8)13(6)5-10-12-11-7(2)14-10/h8-9H,1,3-5H2,2H3. The van der Waals surface area contributed by atoms with Gasteiger partial charge in [-0.3, -0.25) is 0 Å². The Balaban J connectivity index is 1.75. The number of hydrogen-bond acceptors (Lipinski definition) is 4. The first-order valence-corrected chi connectivity index (χ1v) is 4.97. The SMILES string of the molecule is C=C1CC2CC2N1Cc1nnc(C)o1. The fourth-order valence-corrected chi connectivity index (χ4v) is 2.26. The smallest absolute Gasteiger partial charge is 0.235 e. The molecule has 1 saturated heterocycles. The van der Waals surface area contributed by atoms with Crippen LogP contribution in [0.3, 0.4) is 0 Å². The number of hydrogen-bond donors (Lipinski definition) is 0. The predicted octanol–water partition coefficient (Wildman–Crippen LogP) is 1.49. The van der Waals surface area contributed by atoms with Crippen LogP contribution in [0.2, 0.25) is 0 Å². The van der Waals surface area contributed by atoms with E-state index in [0.29, 0.717) is 17.8 Å². The molecule has 0 bridgehead atoms. The fraction of sp³-hybridized carbons (Fsp3) is 0.600. The van der Waals surface area contributed by atoms with Gasteiger partial charge in [0.15, 0.2) is 0 Å². The first kappa shape index (κ1) is 8.03. The Labute approximate surface area is 82.6 Å². The topological polar surface area (TPSA) is 42.2 Å². The van der Waals surface area contributed by atoms with E-state index in [9.17, 15) is 0 Å². The number of rotatable bonds is 2. The number of aromatic nitrogens is 2. The van der Waals surface area contributed by atoms with Gasteiger partial charge in [-0.05, 0) is 18.8 Å². The highest BCUT2D eigenvalue weighted by molar-refractivity contribution is 5.16. The number of nitrogens with zero attached hydrogens (tertiary/aromatic N) is 3. The Hall–Kier alpha value is -1.32. The summed E-state index contributed by atoms with van der Waals surface area (Å²) >= 11 is 0. The molecule has 1 aliphatic heterocycles. The Morgan fingerprint density at radius 2 is 2.43 bits per heavy atom. The minimum atomic E-state index is 0.636. The quantitative estimate of drug-likeness (QED) is 0.710. The van der Waals surface area contributed by atoms with Crippen LogP contribution in [-0.4, -0.2) is 21.1 Å². The second kappa shape index (κ2) is 2.59. The molecular formula is C10H13N3O. The molecule has 3 rings (SSSR count). The zero-order valence-electron chi connectivity index (χ0n) is 8.23. The van der Waals surface area contributed by atoms with Crippen molar-refractivity contribution in [2.75, 3.05) is 0 Å². The molecule has 2 heterocycles. The summed E-state index contributed by atoms with van der Waals surface area (Å²) in [6, 6.07) is 0.703. The molecule has 4 heteroatoms. The third-order valence-corrected chi connectivity index (χ3v) is 3.06. The first-order valence-electron chi connectivity index (χ1n) is 4.97. The lowest BCUT2D eigenvalue weighted by Crippen LogP contribution is -2.20. The van der Waals surface area contributed by atoms with Gasteiger partial charge in [0.1, 0.15) is 0 Å². The summed E-state index contributed by atoms with van der Waals surface area (Å²) in [5.74, 6) is 2.19. The monoisotopic (exact) mass is 191 g/mol. The van der Waals surface area contributed by atoms with Crippen LogP contribution in [0, 0.1) is 12.8 Å². The number of fused-ring (bicyclic) bond motifs is 1. The van der Waals surface area contributed by atoms with Crippen molar-refractivity contribution in [3.8, 4) is 0 Å². The Kier molecular flexibility index (Phi) is 1.48. The van der Waals surface area contributed by atoms with E-state index >= 15 is 0 Å². The van der Waals surface area contributed by atoms with Crippen LogP contribution in [-0.2, 0) is 6.54 Å². The molecular weight excluding hydrogens is 178 g/mol. The third kappa shape index (κ3) is 1.14. The van der Waals surface area contributed by atoms with E-state index in [1.165, 1.54) is 12.1 Å². The second-order valence-electron chi connectivity index (χ2n) is 4.18. The lowest BCUT2D eigenvalue weighted by atomic mass is 10.3. The summed E-state index contributed by atoms with van der Waals surface area (Å²) in [7, 11) is 0.